The fourth-order valence-electron chi connectivity index (χ4n) is 7.07. The molecule has 3 aromatic carbocycles. The minimum absolute atomic E-state index is 0.195. The Morgan fingerprint density at radius 3 is 2.43 bits per heavy atom. The summed E-state index contributed by atoms with van der Waals surface area (Å²) < 4.78 is 7.99. The predicted molar refractivity (Wildman–Crippen MR) is 195 cm³/mol. The standard InChI is InChI=1S/C39H44ClN5O4/c1-23-19-28(20-24(2)35(23)40)49-18-10-13-30-29-11-9-12-31(34-25(3)43-44(5)26(34)4)36(29)42-37(30)38(46)41-22-27-14-15-33(32(21-27)39(47)48)45-16-7-6-8-17-45/h9,11-12,14-15,19-21,42H,6-8,10,13,16-18,22H2,1-5H3,(H,41,46)(H,47,48). The van der Waals surface area contributed by atoms with Gasteiger partial charge in [0.2, 0.25) is 0 Å². The number of carboxylic acid groups (broad SMARTS) is 1. The SMILES string of the molecule is Cc1cc(OCCCc2c(C(=O)NCc3ccc(N4CCCCC4)c(C(=O)O)c3)[nH]c3c(-c4c(C)nn(C)c4C)cccc23)cc(C)c1Cl. The van der Waals surface area contributed by atoms with E-state index in [0.717, 1.165) is 104 Å². The number of carbonyl (C=O) groups excluding carboxylic acids is 1. The van der Waals surface area contributed by atoms with Crippen LogP contribution < -0.4 is 15.0 Å². The number of ether oxygens (including phenoxy) is 1. The molecule has 0 radical (unpaired) electrons. The molecule has 0 atom stereocenters. The number of hydrogen-bond acceptors (Lipinski definition) is 5. The molecule has 49 heavy (non-hydrogen) atoms. The lowest BCUT2D eigenvalue weighted by Crippen LogP contribution is -2.31. The molecule has 3 heterocycles. The van der Waals surface area contributed by atoms with Crippen molar-refractivity contribution in [3.05, 3.63) is 98.5 Å². The van der Waals surface area contributed by atoms with Crippen molar-refractivity contribution in [2.45, 2.75) is 66.3 Å². The Bertz CT molecular complexity index is 2020. The van der Waals surface area contributed by atoms with E-state index in [9.17, 15) is 14.7 Å². The van der Waals surface area contributed by atoms with Crippen molar-refractivity contribution in [2.24, 2.45) is 7.05 Å². The number of aromatic amines is 1. The highest BCUT2D eigenvalue weighted by atomic mass is 35.5. The number of para-hydroxylation sites is 1. The fourth-order valence-corrected chi connectivity index (χ4v) is 7.18. The number of halogens is 1. The molecule has 6 rings (SSSR count). The number of carboxylic acids is 1. The molecule has 10 heteroatoms. The number of piperidine rings is 1. The average molecular weight is 682 g/mol. The monoisotopic (exact) mass is 681 g/mol. The van der Waals surface area contributed by atoms with Crippen LogP contribution in [-0.2, 0) is 20.0 Å². The molecule has 1 saturated heterocycles. The van der Waals surface area contributed by atoms with E-state index in [1.54, 1.807) is 6.07 Å². The number of rotatable bonds is 11. The van der Waals surface area contributed by atoms with Gasteiger partial charge >= 0.3 is 5.97 Å². The molecule has 0 spiro atoms. The molecule has 0 unspecified atom stereocenters. The van der Waals surface area contributed by atoms with Crippen molar-refractivity contribution in [2.75, 3.05) is 24.6 Å². The number of nitrogens with zero attached hydrogens (tertiary/aromatic N) is 3. The number of fused-ring (bicyclic) bond motifs is 1. The number of hydrogen-bond donors (Lipinski definition) is 3. The van der Waals surface area contributed by atoms with Crippen LogP contribution in [0.3, 0.4) is 0 Å². The lowest BCUT2D eigenvalue weighted by Gasteiger charge is -2.30. The van der Waals surface area contributed by atoms with Gasteiger partial charge in [-0.25, -0.2) is 4.79 Å². The number of aryl methyl sites for hydroxylation is 5. The zero-order valence-corrected chi connectivity index (χ0v) is 29.6. The highest BCUT2D eigenvalue weighted by Crippen LogP contribution is 2.36. The first-order valence-electron chi connectivity index (χ1n) is 17.0. The van der Waals surface area contributed by atoms with Gasteiger partial charge in [-0.3, -0.25) is 9.48 Å². The van der Waals surface area contributed by atoms with Crippen LogP contribution in [0, 0.1) is 27.7 Å². The molecule has 0 aliphatic carbocycles. The molecule has 1 aliphatic rings. The molecule has 0 bridgehead atoms. The van der Waals surface area contributed by atoms with Crippen LogP contribution in [0.25, 0.3) is 22.0 Å². The van der Waals surface area contributed by atoms with E-state index < -0.39 is 5.97 Å². The van der Waals surface area contributed by atoms with E-state index in [1.807, 2.05) is 75.8 Å². The summed E-state index contributed by atoms with van der Waals surface area (Å²) >= 11 is 6.35. The van der Waals surface area contributed by atoms with Crippen LogP contribution >= 0.6 is 11.6 Å². The van der Waals surface area contributed by atoms with Gasteiger partial charge in [-0.15, -0.1) is 0 Å². The predicted octanol–water partition coefficient (Wildman–Crippen LogP) is 8.09. The number of nitrogens with one attached hydrogen (secondary N) is 2. The number of aromatic nitrogens is 3. The first kappa shape index (κ1) is 34.1. The van der Waals surface area contributed by atoms with Gasteiger partial charge in [0.05, 0.1) is 29.1 Å². The largest absolute Gasteiger partial charge is 0.494 e. The Kier molecular flexibility index (Phi) is 10.0. The summed E-state index contributed by atoms with van der Waals surface area (Å²) in [5.74, 6) is -0.446. The third-order valence-electron chi connectivity index (χ3n) is 9.64. The molecule has 1 amide bonds. The zero-order chi connectivity index (χ0) is 34.8. The first-order valence-corrected chi connectivity index (χ1v) is 17.3. The van der Waals surface area contributed by atoms with Crippen molar-refractivity contribution in [3.8, 4) is 16.9 Å². The number of aromatic carboxylic acids is 1. The summed E-state index contributed by atoms with van der Waals surface area (Å²) in [5.41, 5.74) is 9.93. The second kappa shape index (κ2) is 14.4. The maximum Gasteiger partial charge on any atom is 0.337 e. The van der Waals surface area contributed by atoms with Crippen LogP contribution in [-0.4, -0.2) is 51.4 Å². The molecule has 0 saturated carbocycles. The third-order valence-corrected chi connectivity index (χ3v) is 10.2. The zero-order valence-electron chi connectivity index (χ0n) is 28.9. The minimum Gasteiger partial charge on any atom is -0.494 e. The van der Waals surface area contributed by atoms with Crippen LogP contribution in [0.5, 0.6) is 5.75 Å². The average Bonchev–Trinajstić information content (AvgIpc) is 3.59. The van der Waals surface area contributed by atoms with Gasteiger partial charge < -0.3 is 25.0 Å². The summed E-state index contributed by atoms with van der Waals surface area (Å²) in [4.78, 5) is 31.8. The van der Waals surface area contributed by atoms with Gasteiger partial charge in [-0.2, -0.15) is 5.10 Å². The third kappa shape index (κ3) is 7.04. The molecular formula is C39H44ClN5O4. The Morgan fingerprint density at radius 2 is 1.76 bits per heavy atom. The van der Waals surface area contributed by atoms with E-state index in [2.05, 4.69) is 26.4 Å². The van der Waals surface area contributed by atoms with Crippen LogP contribution in [0.2, 0.25) is 5.02 Å². The maximum absolute atomic E-state index is 14.0. The Morgan fingerprint density at radius 1 is 1.02 bits per heavy atom. The highest BCUT2D eigenvalue weighted by Gasteiger charge is 2.23. The number of carbonyl (C=O) groups is 2. The van der Waals surface area contributed by atoms with Gasteiger partial charge in [0.15, 0.2) is 0 Å². The first-order chi connectivity index (χ1) is 23.5. The van der Waals surface area contributed by atoms with Crippen LogP contribution in [0.1, 0.15) is 80.2 Å². The Balaban J connectivity index is 1.28. The van der Waals surface area contributed by atoms with Gasteiger partial charge in [0.25, 0.3) is 5.91 Å². The summed E-state index contributed by atoms with van der Waals surface area (Å²) in [6.45, 7) is 10.3. The molecule has 1 fully saturated rings. The van der Waals surface area contributed by atoms with Crippen molar-refractivity contribution in [1.82, 2.24) is 20.1 Å². The lowest BCUT2D eigenvalue weighted by atomic mass is 9.98. The van der Waals surface area contributed by atoms with Gasteiger partial charge in [0.1, 0.15) is 11.4 Å². The summed E-state index contributed by atoms with van der Waals surface area (Å²) in [6.07, 6.45) is 4.56. The summed E-state index contributed by atoms with van der Waals surface area (Å²) in [5, 5.41) is 19.4. The fraction of sp³-hybridized carbons (Fsp3) is 0.359. The summed E-state index contributed by atoms with van der Waals surface area (Å²) in [6, 6.07) is 15.5. The van der Waals surface area contributed by atoms with E-state index in [4.69, 9.17) is 16.3 Å². The second-order valence-corrected chi connectivity index (χ2v) is 13.5. The number of benzene rings is 3. The highest BCUT2D eigenvalue weighted by molar-refractivity contribution is 6.32. The second-order valence-electron chi connectivity index (χ2n) is 13.1. The van der Waals surface area contributed by atoms with E-state index in [0.29, 0.717) is 25.1 Å². The van der Waals surface area contributed by atoms with Crippen molar-refractivity contribution < 1.29 is 19.4 Å². The maximum atomic E-state index is 14.0. The van der Waals surface area contributed by atoms with E-state index >= 15 is 0 Å². The Labute approximate surface area is 292 Å². The number of amides is 1. The van der Waals surface area contributed by atoms with E-state index in [-0.39, 0.29) is 18.0 Å². The molecule has 2 aromatic heterocycles. The van der Waals surface area contributed by atoms with Crippen LogP contribution in [0.15, 0.2) is 48.5 Å². The molecular weight excluding hydrogens is 638 g/mol. The quantitative estimate of drug-likeness (QED) is 0.122. The smallest absolute Gasteiger partial charge is 0.337 e. The Hall–Kier alpha value is -4.76. The summed E-state index contributed by atoms with van der Waals surface area (Å²) in [7, 11) is 1.93. The van der Waals surface area contributed by atoms with Gasteiger partial charge in [-0.05, 0) is 106 Å². The topological polar surface area (TPSA) is 112 Å². The lowest BCUT2D eigenvalue weighted by molar-refractivity contribution is 0.0697. The van der Waals surface area contributed by atoms with Crippen molar-refractivity contribution >= 4 is 40.1 Å². The van der Waals surface area contributed by atoms with Crippen molar-refractivity contribution in [1.29, 1.82) is 0 Å². The van der Waals surface area contributed by atoms with Crippen LogP contribution in [0.4, 0.5) is 5.69 Å². The number of H-pyrrole nitrogens is 1. The number of anilines is 1. The van der Waals surface area contributed by atoms with E-state index in [1.165, 1.54) is 0 Å². The molecule has 256 valence electrons. The molecule has 3 N–H and O–H groups in total. The normalized spacial score (nSPS) is 13.2. The van der Waals surface area contributed by atoms with Gasteiger partial charge in [-0.1, -0.05) is 35.9 Å². The molecule has 1 aliphatic heterocycles. The van der Waals surface area contributed by atoms with Crippen molar-refractivity contribution in [3.63, 3.8) is 0 Å². The van der Waals surface area contributed by atoms with Gasteiger partial charge in [0, 0.05) is 53.9 Å². The minimum atomic E-state index is -0.966. The molecule has 9 nitrogen and oxygen atoms in total. The molecule has 5 aromatic rings.